The maximum Gasteiger partial charge on any atom is 0.416 e. The van der Waals surface area contributed by atoms with Gasteiger partial charge in [-0.2, -0.15) is 13.2 Å². The Morgan fingerprint density at radius 1 is 0.418 bits per heavy atom. The summed E-state index contributed by atoms with van der Waals surface area (Å²) in [6, 6.07) is 44.0. The van der Waals surface area contributed by atoms with Gasteiger partial charge in [0.2, 0.25) is 0 Å². The van der Waals surface area contributed by atoms with Crippen LogP contribution >= 0.6 is 0 Å². The standard InChI is InChI=1S/C48H41F3N4/c1-46(2,3)34-21-24-40-38(28-34)39-29-35(47(4,5)6)22-25-41(39)55(40)42-27-33(32-18-13-19-36(26-32)48(49,50)51)20-23-37(42)45-53-43(30-14-9-7-10-15-30)52-44(54-45)31-16-11-8-12-17-31/h7-29H,1-6H3. The lowest BCUT2D eigenvalue weighted by molar-refractivity contribution is -0.137. The molecule has 0 unspecified atom stereocenters. The van der Waals surface area contributed by atoms with E-state index in [0.717, 1.165) is 44.7 Å². The molecule has 6 aromatic carbocycles. The molecule has 2 heterocycles. The van der Waals surface area contributed by atoms with Gasteiger partial charge in [-0.15, -0.1) is 0 Å². The fourth-order valence-electron chi connectivity index (χ4n) is 7.11. The molecule has 0 aliphatic heterocycles. The molecule has 0 spiro atoms. The van der Waals surface area contributed by atoms with Gasteiger partial charge in [0.05, 0.1) is 22.3 Å². The van der Waals surface area contributed by atoms with E-state index in [-0.39, 0.29) is 10.8 Å². The van der Waals surface area contributed by atoms with Crippen LogP contribution in [0.2, 0.25) is 0 Å². The molecule has 0 amide bonds. The zero-order valence-electron chi connectivity index (χ0n) is 31.7. The first-order valence-electron chi connectivity index (χ1n) is 18.4. The molecule has 0 atom stereocenters. The molecule has 0 fully saturated rings. The van der Waals surface area contributed by atoms with Crippen LogP contribution in [0.25, 0.3) is 72.8 Å². The van der Waals surface area contributed by atoms with Crippen molar-refractivity contribution < 1.29 is 13.2 Å². The number of nitrogens with zero attached hydrogens (tertiary/aromatic N) is 4. The van der Waals surface area contributed by atoms with Gasteiger partial charge in [-0.25, -0.2) is 15.0 Å². The molecule has 0 radical (unpaired) electrons. The number of aromatic nitrogens is 4. The lowest BCUT2D eigenvalue weighted by atomic mass is 9.85. The van der Waals surface area contributed by atoms with Crippen LogP contribution in [0.1, 0.15) is 58.2 Å². The monoisotopic (exact) mass is 730 g/mol. The van der Waals surface area contributed by atoms with E-state index in [2.05, 4.69) is 82.5 Å². The topological polar surface area (TPSA) is 43.6 Å². The SMILES string of the molecule is CC(C)(C)c1ccc2c(c1)c1cc(C(C)(C)C)ccc1n2-c1cc(-c2cccc(C(F)(F)F)c2)ccc1-c1nc(-c2ccccc2)nc(-c2ccccc2)n1. The molecule has 4 nitrogen and oxygen atoms in total. The minimum Gasteiger partial charge on any atom is -0.308 e. The number of halogens is 3. The maximum atomic E-state index is 14.0. The molecule has 2 aromatic heterocycles. The molecule has 0 saturated heterocycles. The average Bonchev–Trinajstić information content (AvgIpc) is 3.50. The molecule has 8 aromatic rings. The number of hydrogen-bond acceptors (Lipinski definition) is 3. The fraction of sp³-hybridized carbons (Fsp3) is 0.188. The zero-order chi connectivity index (χ0) is 38.7. The van der Waals surface area contributed by atoms with Gasteiger partial charge < -0.3 is 4.57 Å². The van der Waals surface area contributed by atoms with E-state index < -0.39 is 11.7 Å². The van der Waals surface area contributed by atoms with Crippen molar-refractivity contribution in [1.29, 1.82) is 0 Å². The summed E-state index contributed by atoms with van der Waals surface area (Å²) in [4.78, 5) is 15.1. The Hall–Kier alpha value is -6.08. The summed E-state index contributed by atoms with van der Waals surface area (Å²) in [5.41, 5.74) is 7.69. The van der Waals surface area contributed by atoms with Gasteiger partial charge in [0.1, 0.15) is 0 Å². The molecule has 0 aliphatic carbocycles. The number of fused-ring (bicyclic) bond motifs is 3. The van der Waals surface area contributed by atoms with Crippen molar-refractivity contribution in [1.82, 2.24) is 19.5 Å². The van der Waals surface area contributed by atoms with E-state index in [0.29, 0.717) is 34.2 Å². The number of rotatable bonds is 5. The third kappa shape index (κ3) is 6.91. The highest BCUT2D eigenvalue weighted by Gasteiger charge is 2.31. The summed E-state index contributed by atoms with van der Waals surface area (Å²) in [7, 11) is 0. The van der Waals surface area contributed by atoms with Gasteiger partial charge in [0.25, 0.3) is 0 Å². The predicted molar refractivity (Wildman–Crippen MR) is 218 cm³/mol. The summed E-state index contributed by atoms with van der Waals surface area (Å²) in [5, 5.41) is 2.18. The molecule has 7 heteroatoms. The molecule has 0 bridgehead atoms. The van der Waals surface area contributed by atoms with Gasteiger partial charge >= 0.3 is 6.18 Å². The molecule has 0 N–H and O–H groups in total. The molecular weight excluding hydrogens is 690 g/mol. The Kier molecular flexibility index (Phi) is 8.71. The van der Waals surface area contributed by atoms with E-state index in [9.17, 15) is 13.2 Å². The van der Waals surface area contributed by atoms with Crippen LogP contribution in [0, 0.1) is 0 Å². The Bertz CT molecular complexity index is 2570. The third-order valence-electron chi connectivity index (χ3n) is 10.2. The van der Waals surface area contributed by atoms with Crippen LogP contribution in [0.4, 0.5) is 13.2 Å². The van der Waals surface area contributed by atoms with Crippen molar-refractivity contribution in [3.63, 3.8) is 0 Å². The quantitative estimate of drug-likeness (QED) is 0.177. The van der Waals surface area contributed by atoms with Crippen molar-refractivity contribution in [2.75, 3.05) is 0 Å². The van der Waals surface area contributed by atoms with E-state index >= 15 is 0 Å². The van der Waals surface area contributed by atoms with Crippen molar-refractivity contribution in [2.45, 2.75) is 58.5 Å². The maximum absolute atomic E-state index is 14.0. The van der Waals surface area contributed by atoms with E-state index in [1.807, 2.05) is 78.9 Å². The van der Waals surface area contributed by atoms with Gasteiger partial charge in [-0.05, 0) is 81.6 Å². The number of alkyl halides is 3. The van der Waals surface area contributed by atoms with Crippen LogP contribution in [0.5, 0.6) is 0 Å². The first-order valence-corrected chi connectivity index (χ1v) is 18.4. The largest absolute Gasteiger partial charge is 0.416 e. The second-order valence-electron chi connectivity index (χ2n) is 16.1. The van der Waals surface area contributed by atoms with Crippen LogP contribution in [0.15, 0.2) is 140 Å². The lowest BCUT2D eigenvalue weighted by Crippen LogP contribution is -2.10. The molecule has 0 saturated carbocycles. The Balaban J connectivity index is 1.47. The van der Waals surface area contributed by atoms with E-state index in [1.165, 1.54) is 23.3 Å². The number of benzene rings is 6. The lowest BCUT2D eigenvalue weighted by Gasteiger charge is -2.20. The molecule has 0 aliphatic rings. The minimum absolute atomic E-state index is 0.0919. The van der Waals surface area contributed by atoms with Crippen LogP contribution in [-0.2, 0) is 17.0 Å². The normalized spacial score (nSPS) is 12.5. The third-order valence-corrected chi connectivity index (χ3v) is 10.2. The first kappa shape index (κ1) is 35.9. The predicted octanol–water partition coefficient (Wildman–Crippen LogP) is 13.3. The van der Waals surface area contributed by atoms with Crippen LogP contribution in [-0.4, -0.2) is 19.5 Å². The highest BCUT2D eigenvalue weighted by molar-refractivity contribution is 6.10. The zero-order valence-corrected chi connectivity index (χ0v) is 31.7. The van der Waals surface area contributed by atoms with Gasteiger partial charge in [-0.3, -0.25) is 0 Å². The average molecular weight is 731 g/mol. The molecule has 55 heavy (non-hydrogen) atoms. The van der Waals surface area contributed by atoms with Crippen molar-refractivity contribution in [2.24, 2.45) is 0 Å². The fourth-order valence-corrected chi connectivity index (χ4v) is 7.11. The van der Waals surface area contributed by atoms with E-state index in [4.69, 9.17) is 15.0 Å². The Morgan fingerprint density at radius 2 is 0.891 bits per heavy atom. The molecule has 8 rings (SSSR count). The second kappa shape index (κ2) is 13.3. The van der Waals surface area contributed by atoms with Crippen LogP contribution < -0.4 is 0 Å². The van der Waals surface area contributed by atoms with Crippen molar-refractivity contribution >= 4 is 21.8 Å². The van der Waals surface area contributed by atoms with Gasteiger partial charge in [0, 0.05) is 27.5 Å². The second-order valence-corrected chi connectivity index (χ2v) is 16.1. The Labute approximate surface area is 319 Å². The minimum atomic E-state index is -4.48. The Morgan fingerprint density at radius 3 is 1.38 bits per heavy atom. The summed E-state index contributed by atoms with van der Waals surface area (Å²) in [6.45, 7) is 13.2. The highest BCUT2D eigenvalue weighted by atomic mass is 19.4. The summed E-state index contributed by atoms with van der Waals surface area (Å²) in [6.07, 6.45) is -4.48. The first-order chi connectivity index (χ1) is 26.1. The summed E-state index contributed by atoms with van der Waals surface area (Å²) < 4.78 is 44.2. The smallest absolute Gasteiger partial charge is 0.308 e. The van der Waals surface area contributed by atoms with Crippen molar-refractivity contribution in [3.05, 3.63) is 156 Å². The molecule has 274 valence electrons. The summed E-state index contributed by atoms with van der Waals surface area (Å²) >= 11 is 0. The van der Waals surface area contributed by atoms with Crippen LogP contribution in [0.3, 0.4) is 0 Å². The summed E-state index contributed by atoms with van der Waals surface area (Å²) in [5.74, 6) is 1.49. The van der Waals surface area contributed by atoms with E-state index in [1.54, 1.807) is 6.07 Å². The molecular formula is C48H41F3N4. The van der Waals surface area contributed by atoms with Gasteiger partial charge in [0.15, 0.2) is 17.5 Å². The van der Waals surface area contributed by atoms with Crippen molar-refractivity contribution in [3.8, 4) is 51.0 Å². The van der Waals surface area contributed by atoms with Gasteiger partial charge in [-0.1, -0.05) is 133 Å². The number of hydrogen-bond donors (Lipinski definition) is 0. The highest BCUT2D eigenvalue weighted by Crippen LogP contribution is 2.41.